The Balaban J connectivity index is 2.98. The molecule has 0 saturated carbocycles. The zero-order valence-electron chi connectivity index (χ0n) is 11.7. The van der Waals surface area contributed by atoms with E-state index in [0.29, 0.717) is 0 Å². The monoisotopic (exact) mass is 303 g/mol. The van der Waals surface area contributed by atoms with Crippen LogP contribution in [0.15, 0.2) is 24.3 Å². The zero-order valence-corrected chi connectivity index (χ0v) is 11.7. The fourth-order valence-corrected chi connectivity index (χ4v) is 1.82. The van der Waals surface area contributed by atoms with Crippen LogP contribution in [0.2, 0.25) is 0 Å². The van der Waals surface area contributed by atoms with Crippen molar-refractivity contribution >= 4 is 11.9 Å². The normalized spacial score (nSPS) is 11.1. The van der Waals surface area contributed by atoms with E-state index in [1.807, 2.05) is 0 Å². The van der Waals surface area contributed by atoms with Crippen molar-refractivity contribution in [1.82, 2.24) is 4.90 Å². The van der Waals surface area contributed by atoms with Crippen LogP contribution in [0.1, 0.15) is 29.3 Å². The molecule has 0 atom stereocenters. The molecule has 0 N–H and O–H groups in total. The fourth-order valence-electron chi connectivity index (χ4n) is 1.82. The minimum Gasteiger partial charge on any atom is -0.469 e. The number of halogens is 3. The van der Waals surface area contributed by atoms with E-state index in [1.54, 1.807) is 6.92 Å². The molecule has 0 saturated heterocycles. The van der Waals surface area contributed by atoms with E-state index in [0.717, 1.165) is 12.1 Å². The highest BCUT2D eigenvalue weighted by molar-refractivity contribution is 5.96. The van der Waals surface area contributed by atoms with E-state index >= 15 is 0 Å². The second kappa shape index (κ2) is 7.10. The minimum absolute atomic E-state index is 0.00813. The first-order chi connectivity index (χ1) is 9.81. The van der Waals surface area contributed by atoms with Crippen LogP contribution in [-0.4, -0.2) is 37.0 Å². The fraction of sp³-hybridized carbons (Fsp3) is 0.429. The highest BCUT2D eigenvalue weighted by Gasteiger charge is 2.35. The van der Waals surface area contributed by atoms with E-state index in [4.69, 9.17) is 0 Å². The molecule has 0 aliphatic heterocycles. The number of esters is 1. The van der Waals surface area contributed by atoms with Crippen LogP contribution in [0, 0.1) is 0 Å². The molecule has 0 aliphatic carbocycles. The summed E-state index contributed by atoms with van der Waals surface area (Å²) in [4.78, 5) is 24.5. The average molecular weight is 303 g/mol. The number of benzene rings is 1. The molecular formula is C14H16F3NO3. The third kappa shape index (κ3) is 4.47. The lowest BCUT2D eigenvalue weighted by Gasteiger charge is -2.22. The molecule has 0 aliphatic rings. The SMILES string of the molecule is CCN(CCC(=O)OC)C(=O)c1ccccc1C(F)(F)F. The minimum atomic E-state index is -4.60. The number of nitrogens with zero attached hydrogens (tertiary/aromatic N) is 1. The van der Waals surface area contributed by atoms with Crippen molar-refractivity contribution in [3.8, 4) is 0 Å². The maximum Gasteiger partial charge on any atom is 0.417 e. The summed E-state index contributed by atoms with van der Waals surface area (Å²) < 4.78 is 43.2. The van der Waals surface area contributed by atoms with Crippen LogP contribution < -0.4 is 0 Å². The highest BCUT2D eigenvalue weighted by Crippen LogP contribution is 2.32. The van der Waals surface area contributed by atoms with E-state index < -0.39 is 29.2 Å². The van der Waals surface area contributed by atoms with E-state index in [2.05, 4.69) is 4.74 Å². The van der Waals surface area contributed by atoms with Gasteiger partial charge in [0.2, 0.25) is 0 Å². The lowest BCUT2D eigenvalue weighted by Crippen LogP contribution is -2.34. The van der Waals surface area contributed by atoms with Gasteiger partial charge in [-0.1, -0.05) is 12.1 Å². The van der Waals surface area contributed by atoms with Crippen molar-refractivity contribution in [2.45, 2.75) is 19.5 Å². The summed E-state index contributed by atoms with van der Waals surface area (Å²) in [5, 5.41) is 0. The number of alkyl halides is 3. The summed E-state index contributed by atoms with van der Waals surface area (Å²) in [5.74, 6) is -1.28. The number of amides is 1. The molecule has 21 heavy (non-hydrogen) atoms. The Morgan fingerprint density at radius 1 is 1.24 bits per heavy atom. The van der Waals surface area contributed by atoms with Gasteiger partial charge in [-0.25, -0.2) is 0 Å². The third-order valence-corrected chi connectivity index (χ3v) is 2.95. The molecule has 0 bridgehead atoms. The van der Waals surface area contributed by atoms with Gasteiger partial charge in [-0.15, -0.1) is 0 Å². The Hall–Kier alpha value is -2.05. The molecule has 1 aromatic rings. The number of hydrogen-bond donors (Lipinski definition) is 0. The second-order valence-corrected chi connectivity index (χ2v) is 4.25. The van der Waals surface area contributed by atoms with E-state index in [1.165, 1.54) is 24.1 Å². The number of carbonyl (C=O) groups excluding carboxylic acids is 2. The lowest BCUT2D eigenvalue weighted by molar-refractivity contribution is -0.141. The lowest BCUT2D eigenvalue weighted by atomic mass is 10.1. The quantitative estimate of drug-likeness (QED) is 0.786. The van der Waals surface area contributed by atoms with Crippen LogP contribution in [0.3, 0.4) is 0 Å². The van der Waals surface area contributed by atoms with Gasteiger partial charge in [0.05, 0.1) is 24.7 Å². The molecule has 0 aromatic heterocycles. The van der Waals surface area contributed by atoms with Gasteiger partial charge in [0.1, 0.15) is 0 Å². The highest BCUT2D eigenvalue weighted by atomic mass is 19.4. The predicted octanol–water partition coefficient (Wildman–Crippen LogP) is 2.73. The van der Waals surface area contributed by atoms with Gasteiger partial charge in [0.25, 0.3) is 5.91 Å². The van der Waals surface area contributed by atoms with Crippen molar-refractivity contribution in [2.24, 2.45) is 0 Å². The molecule has 0 radical (unpaired) electrons. The molecule has 116 valence electrons. The number of hydrogen-bond acceptors (Lipinski definition) is 3. The van der Waals surface area contributed by atoms with Crippen molar-refractivity contribution in [3.63, 3.8) is 0 Å². The van der Waals surface area contributed by atoms with Crippen molar-refractivity contribution < 1.29 is 27.5 Å². The summed E-state index contributed by atoms with van der Waals surface area (Å²) in [5.41, 5.74) is -1.40. The molecule has 4 nitrogen and oxygen atoms in total. The van der Waals surface area contributed by atoms with Crippen LogP contribution >= 0.6 is 0 Å². The summed E-state index contributed by atoms with van der Waals surface area (Å²) >= 11 is 0. The Bertz CT molecular complexity index is 514. The summed E-state index contributed by atoms with van der Waals surface area (Å²) in [6.45, 7) is 1.83. The Labute approximate surface area is 120 Å². The topological polar surface area (TPSA) is 46.6 Å². The molecule has 0 fully saturated rings. The van der Waals surface area contributed by atoms with Crippen LogP contribution in [0.25, 0.3) is 0 Å². The number of methoxy groups -OCH3 is 1. The molecule has 1 rings (SSSR count). The zero-order chi connectivity index (χ0) is 16.0. The van der Waals surface area contributed by atoms with Crippen LogP contribution in [-0.2, 0) is 15.7 Å². The van der Waals surface area contributed by atoms with Gasteiger partial charge in [-0.2, -0.15) is 13.2 Å². The second-order valence-electron chi connectivity index (χ2n) is 4.25. The Morgan fingerprint density at radius 2 is 1.86 bits per heavy atom. The van der Waals surface area contributed by atoms with Gasteiger partial charge in [-0.3, -0.25) is 9.59 Å². The maximum atomic E-state index is 12.9. The molecular weight excluding hydrogens is 287 g/mol. The summed E-state index contributed by atoms with van der Waals surface area (Å²) in [6.07, 6.45) is -4.67. The standard InChI is InChI=1S/C14H16F3NO3/c1-3-18(9-8-12(19)21-2)13(20)10-6-4-5-7-11(10)14(15,16)17/h4-7H,3,8-9H2,1-2H3. The van der Waals surface area contributed by atoms with Gasteiger partial charge in [0, 0.05) is 13.1 Å². The molecule has 0 spiro atoms. The van der Waals surface area contributed by atoms with Gasteiger partial charge < -0.3 is 9.64 Å². The van der Waals surface area contributed by atoms with Crippen LogP contribution in [0.5, 0.6) is 0 Å². The third-order valence-electron chi connectivity index (χ3n) is 2.95. The largest absolute Gasteiger partial charge is 0.469 e. The van der Waals surface area contributed by atoms with Gasteiger partial charge >= 0.3 is 12.1 Å². The molecule has 1 aromatic carbocycles. The van der Waals surface area contributed by atoms with Crippen molar-refractivity contribution in [3.05, 3.63) is 35.4 Å². The molecule has 0 heterocycles. The molecule has 1 amide bonds. The molecule has 7 heteroatoms. The smallest absolute Gasteiger partial charge is 0.417 e. The van der Waals surface area contributed by atoms with Crippen molar-refractivity contribution in [2.75, 3.05) is 20.2 Å². The number of rotatable bonds is 5. The maximum absolute atomic E-state index is 12.9. The van der Waals surface area contributed by atoms with E-state index in [-0.39, 0.29) is 19.5 Å². The summed E-state index contributed by atoms with van der Waals surface area (Å²) in [6, 6.07) is 4.59. The first-order valence-electron chi connectivity index (χ1n) is 6.33. The van der Waals surface area contributed by atoms with Gasteiger partial charge in [-0.05, 0) is 19.1 Å². The van der Waals surface area contributed by atoms with Gasteiger partial charge in [0.15, 0.2) is 0 Å². The predicted molar refractivity (Wildman–Crippen MR) is 69.7 cm³/mol. The summed E-state index contributed by atoms with van der Waals surface area (Å²) in [7, 11) is 1.21. The Morgan fingerprint density at radius 3 is 2.38 bits per heavy atom. The van der Waals surface area contributed by atoms with Crippen molar-refractivity contribution in [1.29, 1.82) is 0 Å². The first kappa shape index (κ1) is 17.0. The molecule has 0 unspecified atom stereocenters. The van der Waals surface area contributed by atoms with Crippen LogP contribution in [0.4, 0.5) is 13.2 Å². The number of ether oxygens (including phenoxy) is 1. The Kier molecular flexibility index (Phi) is 5.75. The first-order valence-corrected chi connectivity index (χ1v) is 6.33. The number of carbonyl (C=O) groups is 2. The average Bonchev–Trinajstić information content (AvgIpc) is 2.46. The van der Waals surface area contributed by atoms with E-state index in [9.17, 15) is 22.8 Å².